The average molecular weight is 389 g/mol. The van der Waals surface area contributed by atoms with Crippen LogP contribution in [-0.4, -0.2) is 22.2 Å². The molecule has 0 saturated carbocycles. The maximum Gasteiger partial charge on any atom is 0.573 e. The zero-order valence-corrected chi connectivity index (χ0v) is 14.3. The first-order chi connectivity index (χ1) is 13.4. The molecule has 2 aromatic carbocycles. The molecule has 28 heavy (non-hydrogen) atoms. The van der Waals surface area contributed by atoms with Gasteiger partial charge in [-0.1, -0.05) is 18.2 Å². The van der Waals surface area contributed by atoms with Crippen LogP contribution in [0.5, 0.6) is 17.5 Å². The molecule has 0 aliphatic rings. The van der Waals surface area contributed by atoms with Crippen LogP contribution in [0.25, 0.3) is 0 Å². The number of ether oxygens (including phenoxy) is 2. The third-order valence-corrected chi connectivity index (χ3v) is 3.51. The molecule has 0 saturated heterocycles. The van der Waals surface area contributed by atoms with Gasteiger partial charge in [-0.25, -0.2) is 9.97 Å². The SMILES string of the molecule is O=C(NCc1ccccc1OC(F)(F)F)c1ccc(Oc2ncccn2)cc1. The lowest BCUT2D eigenvalue weighted by molar-refractivity contribution is -0.274. The van der Waals surface area contributed by atoms with Crippen molar-refractivity contribution in [3.05, 3.63) is 78.1 Å². The molecule has 1 heterocycles. The summed E-state index contributed by atoms with van der Waals surface area (Å²) in [4.78, 5) is 20.1. The fourth-order valence-corrected chi connectivity index (χ4v) is 2.27. The van der Waals surface area contributed by atoms with Crippen LogP contribution in [0, 0.1) is 0 Å². The van der Waals surface area contributed by atoms with Crippen LogP contribution in [0.4, 0.5) is 13.2 Å². The molecule has 1 aromatic heterocycles. The van der Waals surface area contributed by atoms with Gasteiger partial charge in [0.05, 0.1) is 0 Å². The van der Waals surface area contributed by atoms with Crippen LogP contribution in [0.2, 0.25) is 0 Å². The molecule has 0 fully saturated rings. The number of nitrogens with zero attached hydrogens (tertiary/aromatic N) is 2. The molecule has 0 unspecified atom stereocenters. The number of benzene rings is 2. The minimum atomic E-state index is -4.81. The molecule has 144 valence electrons. The summed E-state index contributed by atoms with van der Waals surface area (Å²) >= 11 is 0. The van der Waals surface area contributed by atoms with E-state index in [1.165, 1.54) is 42.7 Å². The van der Waals surface area contributed by atoms with Gasteiger partial charge in [-0.2, -0.15) is 0 Å². The number of para-hydroxylation sites is 1. The molecular weight excluding hydrogens is 375 g/mol. The number of alkyl halides is 3. The second kappa shape index (κ2) is 8.38. The van der Waals surface area contributed by atoms with E-state index in [1.54, 1.807) is 24.3 Å². The van der Waals surface area contributed by atoms with E-state index in [-0.39, 0.29) is 23.9 Å². The lowest BCUT2D eigenvalue weighted by Gasteiger charge is -2.13. The summed E-state index contributed by atoms with van der Waals surface area (Å²) < 4.78 is 46.7. The van der Waals surface area contributed by atoms with Crippen LogP contribution in [-0.2, 0) is 6.54 Å². The lowest BCUT2D eigenvalue weighted by atomic mass is 10.1. The zero-order valence-electron chi connectivity index (χ0n) is 14.3. The molecular formula is C19H14F3N3O3. The van der Waals surface area contributed by atoms with Crippen LogP contribution in [0.3, 0.4) is 0 Å². The van der Waals surface area contributed by atoms with Gasteiger partial charge in [-0.3, -0.25) is 4.79 Å². The third kappa shape index (κ3) is 5.44. The Bertz CT molecular complexity index is 932. The molecule has 1 amide bonds. The van der Waals surface area contributed by atoms with Gasteiger partial charge in [0.15, 0.2) is 0 Å². The number of nitrogens with one attached hydrogen (secondary N) is 1. The smallest absolute Gasteiger partial charge is 0.424 e. The molecule has 0 spiro atoms. The maximum absolute atomic E-state index is 12.4. The maximum atomic E-state index is 12.4. The van der Waals surface area contributed by atoms with Crippen molar-refractivity contribution in [3.63, 3.8) is 0 Å². The van der Waals surface area contributed by atoms with E-state index in [0.717, 1.165) is 0 Å². The fourth-order valence-electron chi connectivity index (χ4n) is 2.27. The highest BCUT2D eigenvalue weighted by Crippen LogP contribution is 2.26. The Morgan fingerprint density at radius 1 is 0.964 bits per heavy atom. The van der Waals surface area contributed by atoms with Crippen LogP contribution in [0.15, 0.2) is 67.0 Å². The van der Waals surface area contributed by atoms with Gasteiger partial charge in [-0.05, 0) is 36.4 Å². The molecule has 0 aliphatic heterocycles. The Hall–Kier alpha value is -3.62. The van der Waals surface area contributed by atoms with Crippen LogP contribution in [0.1, 0.15) is 15.9 Å². The average Bonchev–Trinajstić information content (AvgIpc) is 2.67. The van der Waals surface area contributed by atoms with Crippen molar-refractivity contribution >= 4 is 5.91 Å². The normalized spacial score (nSPS) is 11.0. The van der Waals surface area contributed by atoms with Crippen molar-refractivity contribution in [2.75, 3.05) is 0 Å². The largest absolute Gasteiger partial charge is 0.573 e. The molecule has 3 rings (SSSR count). The van der Waals surface area contributed by atoms with Crippen molar-refractivity contribution < 1.29 is 27.4 Å². The number of hydrogen-bond acceptors (Lipinski definition) is 5. The number of carbonyl (C=O) groups is 1. The fraction of sp³-hybridized carbons (Fsp3) is 0.105. The molecule has 0 radical (unpaired) electrons. The number of hydrogen-bond donors (Lipinski definition) is 1. The minimum Gasteiger partial charge on any atom is -0.424 e. The summed E-state index contributed by atoms with van der Waals surface area (Å²) in [6.45, 7) is -0.124. The van der Waals surface area contributed by atoms with E-state index >= 15 is 0 Å². The molecule has 0 aliphatic carbocycles. The molecule has 6 nitrogen and oxygen atoms in total. The highest BCUT2D eigenvalue weighted by molar-refractivity contribution is 5.94. The molecule has 9 heteroatoms. The molecule has 0 bridgehead atoms. The van der Waals surface area contributed by atoms with Crippen LogP contribution < -0.4 is 14.8 Å². The number of carbonyl (C=O) groups excluding carboxylic acids is 1. The molecule has 3 aromatic rings. The first-order valence-electron chi connectivity index (χ1n) is 8.07. The second-order valence-corrected chi connectivity index (χ2v) is 5.50. The Morgan fingerprint density at radius 3 is 2.32 bits per heavy atom. The standard InChI is InChI=1S/C19H14F3N3O3/c20-19(21,22)28-16-5-2-1-4-14(16)12-25-17(26)13-6-8-15(9-7-13)27-18-23-10-3-11-24-18/h1-11H,12H2,(H,25,26). The van der Waals surface area contributed by atoms with Gasteiger partial charge in [0.2, 0.25) is 0 Å². The van der Waals surface area contributed by atoms with E-state index in [0.29, 0.717) is 11.3 Å². The molecule has 1 N–H and O–H groups in total. The summed E-state index contributed by atoms with van der Waals surface area (Å²) in [7, 11) is 0. The number of aromatic nitrogens is 2. The summed E-state index contributed by atoms with van der Waals surface area (Å²) in [6.07, 6.45) is -1.74. The quantitative estimate of drug-likeness (QED) is 0.687. The highest BCUT2D eigenvalue weighted by atomic mass is 19.4. The highest BCUT2D eigenvalue weighted by Gasteiger charge is 2.31. The van der Waals surface area contributed by atoms with E-state index in [4.69, 9.17) is 4.74 Å². The molecule has 0 atom stereocenters. The number of halogens is 3. The van der Waals surface area contributed by atoms with Gasteiger partial charge >= 0.3 is 12.4 Å². The third-order valence-electron chi connectivity index (χ3n) is 3.51. The van der Waals surface area contributed by atoms with E-state index in [9.17, 15) is 18.0 Å². The summed E-state index contributed by atoms with van der Waals surface area (Å²) in [5, 5.41) is 2.56. The Labute approximate surface area is 158 Å². The summed E-state index contributed by atoms with van der Waals surface area (Å²) in [6, 6.07) is 13.6. The lowest BCUT2D eigenvalue weighted by Crippen LogP contribution is -2.24. The Balaban J connectivity index is 1.61. The predicted molar refractivity (Wildman–Crippen MR) is 92.8 cm³/mol. The van der Waals surface area contributed by atoms with Crippen molar-refractivity contribution in [2.24, 2.45) is 0 Å². The number of rotatable bonds is 6. The second-order valence-electron chi connectivity index (χ2n) is 5.50. The number of amides is 1. The van der Waals surface area contributed by atoms with Gasteiger partial charge < -0.3 is 14.8 Å². The Kier molecular flexibility index (Phi) is 5.73. The van der Waals surface area contributed by atoms with E-state index in [1.807, 2.05) is 0 Å². The van der Waals surface area contributed by atoms with Gasteiger partial charge in [0.1, 0.15) is 11.5 Å². The van der Waals surface area contributed by atoms with Gasteiger partial charge in [0.25, 0.3) is 5.91 Å². The first kappa shape index (κ1) is 19.2. The zero-order chi connectivity index (χ0) is 20.0. The summed E-state index contributed by atoms with van der Waals surface area (Å²) in [5.41, 5.74) is 0.518. The monoisotopic (exact) mass is 389 g/mol. The first-order valence-corrected chi connectivity index (χ1v) is 8.07. The Morgan fingerprint density at radius 2 is 1.64 bits per heavy atom. The van der Waals surface area contributed by atoms with Crippen molar-refractivity contribution in [2.45, 2.75) is 12.9 Å². The van der Waals surface area contributed by atoms with Gasteiger partial charge in [0, 0.05) is 30.1 Å². The van der Waals surface area contributed by atoms with E-state index < -0.39 is 12.3 Å². The van der Waals surface area contributed by atoms with Crippen molar-refractivity contribution in [1.29, 1.82) is 0 Å². The van der Waals surface area contributed by atoms with E-state index in [2.05, 4.69) is 20.0 Å². The van der Waals surface area contributed by atoms with Gasteiger partial charge in [-0.15, -0.1) is 13.2 Å². The minimum absolute atomic E-state index is 0.124. The van der Waals surface area contributed by atoms with Crippen molar-refractivity contribution in [3.8, 4) is 17.5 Å². The topological polar surface area (TPSA) is 73.3 Å². The van der Waals surface area contributed by atoms with Crippen LogP contribution >= 0.6 is 0 Å². The summed E-state index contributed by atoms with van der Waals surface area (Å²) in [5.74, 6) is -0.377. The van der Waals surface area contributed by atoms with Crippen molar-refractivity contribution in [1.82, 2.24) is 15.3 Å². The predicted octanol–water partition coefficient (Wildman–Crippen LogP) is 4.10.